The zero-order chi connectivity index (χ0) is 13.9. The van der Waals surface area contributed by atoms with Crippen LogP contribution in [0, 0.1) is 6.92 Å². The van der Waals surface area contributed by atoms with Gasteiger partial charge in [0.25, 0.3) is 0 Å². The first-order valence-electron chi connectivity index (χ1n) is 7.07. The summed E-state index contributed by atoms with van der Waals surface area (Å²) in [6, 6.07) is 13.3. The van der Waals surface area contributed by atoms with Crippen molar-refractivity contribution in [2.45, 2.75) is 26.4 Å². The molecule has 0 aliphatic heterocycles. The standard InChI is InChI=1S/C17H20N2S/c1-13-12-19(16-7-4-3-6-15(13)16)10-9-18-14(2)17-8-5-11-20-17/h3-8,11-12,14,18H,9-10H2,1-2H3. The highest BCUT2D eigenvalue weighted by atomic mass is 32.1. The number of nitrogens with zero attached hydrogens (tertiary/aromatic N) is 1. The van der Waals surface area contributed by atoms with E-state index in [1.807, 2.05) is 11.3 Å². The van der Waals surface area contributed by atoms with Gasteiger partial charge in [0.1, 0.15) is 0 Å². The summed E-state index contributed by atoms with van der Waals surface area (Å²) in [4.78, 5) is 1.40. The van der Waals surface area contributed by atoms with Gasteiger partial charge in [0, 0.05) is 41.1 Å². The second kappa shape index (κ2) is 5.81. The topological polar surface area (TPSA) is 17.0 Å². The molecule has 0 amide bonds. The van der Waals surface area contributed by atoms with Crippen molar-refractivity contribution in [1.29, 1.82) is 0 Å². The Morgan fingerprint density at radius 3 is 2.85 bits per heavy atom. The Morgan fingerprint density at radius 2 is 2.05 bits per heavy atom. The summed E-state index contributed by atoms with van der Waals surface area (Å²) in [5.74, 6) is 0. The van der Waals surface area contributed by atoms with Crippen molar-refractivity contribution in [3.63, 3.8) is 0 Å². The summed E-state index contributed by atoms with van der Waals surface area (Å²) in [5.41, 5.74) is 2.68. The molecule has 1 N–H and O–H groups in total. The van der Waals surface area contributed by atoms with Crippen LogP contribution >= 0.6 is 11.3 Å². The fraction of sp³-hybridized carbons (Fsp3) is 0.294. The molecule has 2 aromatic heterocycles. The molecule has 20 heavy (non-hydrogen) atoms. The predicted molar refractivity (Wildman–Crippen MR) is 87.4 cm³/mol. The summed E-state index contributed by atoms with van der Waals surface area (Å²) < 4.78 is 2.35. The van der Waals surface area contributed by atoms with Gasteiger partial charge in [-0.05, 0) is 36.9 Å². The molecular formula is C17H20N2S. The van der Waals surface area contributed by atoms with E-state index in [-0.39, 0.29) is 0 Å². The minimum absolute atomic E-state index is 0.429. The molecule has 2 heterocycles. The Bertz CT molecular complexity index is 682. The SMILES string of the molecule is Cc1cn(CCNC(C)c2cccs2)c2ccccc12. The second-order valence-electron chi connectivity index (χ2n) is 5.21. The van der Waals surface area contributed by atoms with Crippen LogP contribution in [0.15, 0.2) is 48.0 Å². The Labute approximate surface area is 124 Å². The van der Waals surface area contributed by atoms with E-state index < -0.39 is 0 Å². The highest BCUT2D eigenvalue weighted by Gasteiger charge is 2.07. The number of para-hydroxylation sites is 1. The molecule has 3 heteroatoms. The van der Waals surface area contributed by atoms with Crippen LogP contribution in [0.2, 0.25) is 0 Å². The third kappa shape index (κ3) is 2.65. The van der Waals surface area contributed by atoms with E-state index in [4.69, 9.17) is 0 Å². The Morgan fingerprint density at radius 1 is 1.20 bits per heavy atom. The quantitative estimate of drug-likeness (QED) is 0.736. The van der Waals surface area contributed by atoms with Gasteiger partial charge in [-0.1, -0.05) is 24.3 Å². The zero-order valence-corrected chi connectivity index (χ0v) is 12.8. The molecule has 1 unspecified atom stereocenters. The van der Waals surface area contributed by atoms with E-state index in [9.17, 15) is 0 Å². The number of fused-ring (bicyclic) bond motifs is 1. The maximum Gasteiger partial charge on any atom is 0.0483 e. The average molecular weight is 284 g/mol. The molecule has 0 saturated heterocycles. The largest absolute Gasteiger partial charge is 0.346 e. The molecule has 0 aliphatic carbocycles. The lowest BCUT2D eigenvalue weighted by molar-refractivity contribution is 0.542. The average Bonchev–Trinajstić information content (AvgIpc) is 3.09. The molecule has 0 radical (unpaired) electrons. The zero-order valence-electron chi connectivity index (χ0n) is 12.0. The number of aryl methyl sites for hydroxylation is 1. The summed E-state index contributed by atoms with van der Waals surface area (Å²) >= 11 is 1.81. The molecule has 0 bridgehead atoms. The molecule has 0 fully saturated rings. The van der Waals surface area contributed by atoms with E-state index in [0.29, 0.717) is 6.04 Å². The van der Waals surface area contributed by atoms with E-state index in [0.717, 1.165) is 13.1 Å². The summed E-state index contributed by atoms with van der Waals surface area (Å²) in [6.07, 6.45) is 2.25. The highest BCUT2D eigenvalue weighted by Crippen LogP contribution is 2.21. The van der Waals surface area contributed by atoms with Crippen molar-refractivity contribution in [2.24, 2.45) is 0 Å². The fourth-order valence-electron chi connectivity index (χ4n) is 2.66. The molecule has 2 nitrogen and oxygen atoms in total. The minimum Gasteiger partial charge on any atom is -0.346 e. The maximum atomic E-state index is 3.60. The van der Waals surface area contributed by atoms with Gasteiger partial charge < -0.3 is 9.88 Å². The van der Waals surface area contributed by atoms with E-state index in [1.165, 1.54) is 21.3 Å². The number of thiophene rings is 1. The van der Waals surface area contributed by atoms with E-state index in [1.54, 1.807) is 0 Å². The number of rotatable bonds is 5. The van der Waals surface area contributed by atoms with Gasteiger partial charge in [-0.3, -0.25) is 0 Å². The van der Waals surface area contributed by atoms with Crippen molar-refractivity contribution in [2.75, 3.05) is 6.54 Å². The van der Waals surface area contributed by atoms with Crippen molar-refractivity contribution in [3.05, 3.63) is 58.4 Å². The summed E-state index contributed by atoms with van der Waals surface area (Å²) in [6.45, 7) is 6.40. The van der Waals surface area contributed by atoms with Gasteiger partial charge in [0.2, 0.25) is 0 Å². The summed E-state index contributed by atoms with van der Waals surface area (Å²) in [5, 5.41) is 7.09. The summed E-state index contributed by atoms with van der Waals surface area (Å²) in [7, 11) is 0. The maximum absolute atomic E-state index is 3.60. The lowest BCUT2D eigenvalue weighted by Crippen LogP contribution is -2.22. The van der Waals surface area contributed by atoms with Crippen LogP contribution in [0.5, 0.6) is 0 Å². The fourth-order valence-corrected chi connectivity index (χ4v) is 3.41. The second-order valence-corrected chi connectivity index (χ2v) is 6.19. The van der Waals surface area contributed by atoms with Gasteiger partial charge >= 0.3 is 0 Å². The molecule has 3 rings (SSSR count). The van der Waals surface area contributed by atoms with Crippen molar-refractivity contribution < 1.29 is 0 Å². The molecule has 1 atom stereocenters. The molecule has 0 saturated carbocycles. The van der Waals surface area contributed by atoms with Crippen LogP contribution < -0.4 is 5.32 Å². The van der Waals surface area contributed by atoms with Crippen LogP contribution in [0.4, 0.5) is 0 Å². The van der Waals surface area contributed by atoms with Crippen LogP contribution in [0.25, 0.3) is 10.9 Å². The number of nitrogens with one attached hydrogen (secondary N) is 1. The number of benzene rings is 1. The highest BCUT2D eigenvalue weighted by molar-refractivity contribution is 7.10. The number of hydrogen-bond acceptors (Lipinski definition) is 2. The van der Waals surface area contributed by atoms with Gasteiger partial charge in [-0.25, -0.2) is 0 Å². The Balaban J connectivity index is 1.66. The van der Waals surface area contributed by atoms with Crippen molar-refractivity contribution >= 4 is 22.2 Å². The molecule has 0 spiro atoms. The first-order valence-corrected chi connectivity index (χ1v) is 7.95. The van der Waals surface area contributed by atoms with E-state index in [2.05, 4.69) is 71.7 Å². The lowest BCUT2D eigenvalue weighted by atomic mass is 10.2. The van der Waals surface area contributed by atoms with Crippen molar-refractivity contribution in [1.82, 2.24) is 9.88 Å². The predicted octanol–water partition coefficient (Wildman–Crippen LogP) is 4.36. The number of hydrogen-bond donors (Lipinski definition) is 1. The first kappa shape index (κ1) is 13.4. The molecule has 0 aliphatic rings. The molecule has 104 valence electrons. The Hall–Kier alpha value is -1.58. The lowest BCUT2D eigenvalue weighted by Gasteiger charge is -2.13. The Kier molecular flexibility index (Phi) is 3.90. The van der Waals surface area contributed by atoms with Crippen LogP contribution in [-0.2, 0) is 6.54 Å². The van der Waals surface area contributed by atoms with Crippen LogP contribution in [-0.4, -0.2) is 11.1 Å². The van der Waals surface area contributed by atoms with Gasteiger partial charge in [-0.15, -0.1) is 11.3 Å². The third-order valence-electron chi connectivity index (χ3n) is 3.76. The smallest absolute Gasteiger partial charge is 0.0483 e. The van der Waals surface area contributed by atoms with Gasteiger partial charge in [0.15, 0.2) is 0 Å². The number of aromatic nitrogens is 1. The van der Waals surface area contributed by atoms with Crippen LogP contribution in [0.3, 0.4) is 0 Å². The van der Waals surface area contributed by atoms with Crippen LogP contribution in [0.1, 0.15) is 23.4 Å². The monoisotopic (exact) mass is 284 g/mol. The first-order chi connectivity index (χ1) is 9.75. The normalized spacial score (nSPS) is 12.9. The van der Waals surface area contributed by atoms with E-state index >= 15 is 0 Å². The molecular weight excluding hydrogens is 264 g/mol. The third-order valence-corrected chi connectivity index (χ3v) is 4.82. The molecule has 1 aromatic carbocycles. The molecule has 3 aromatic rings. The van der Waals surface area contributed by atoms with Gasteiger partial charge in [0.05, 0.1) is 0 Å². The van der Waals surface area contributed by atoms with Gasteiger partial charge in [-0.2, -0.15) is 0 Å². The minimum atomic E-state index is 0.429. The van der Waals surface area contributed by atoms with Crippen molar-refractivity contribution in [3.8, 4) is 0 Å².